The lowest BCUT2D eigenvalue weighted by molar-refractivity contribution is -0.110. The first-order chi connectivity index (χ1) is 6.63. The third-order valence-corrected chi connectivity index (χ3v) is 2.11. The average molecular weight is 257 g/mol. The highest BCUT2D eigenvalue weighted by Gasteiger charge is 2.02. The van der Waals surface area contributed by atoms with Crippen molar-refractivity contribution in [2.45, 2.75) is 6.92 Å². The van der Waals surface area contributed by atoms with Crippen LogP contribution in [0.25, 0.3) is 0 Å². The molecule has 2 N–H and O–H groups in total. The van der Waals surface area contributed by atoms with Gasteiger partial charge in [0.25, 0.3) is 5.91 Å². The van der Waals surface area contributed by atoms with Gasteiger partial charge >= 0.3 is 0 Å². The van der Waals surface area contributed by atoms with E-state index >= 15 is 0 Å². The molecule has 0 saturated carbocycles. The Kier molecular flexibility index (Phi) is 3.64. The molecule has 5 heteroatoms. The Hall–Kier alpha value is -1.36. The molecule has 0 bridgehead atoms. The predicted octanol–water partition coefficient (Wildman–Crippen LogP) is 2.16. The SMILES string of the molecule is Cc1cc(Br)ccc1NC(=O)/C=N/O. The Morgan fingerprint density at radius 2 is 2.36 bits per heavy atom. The first kappa shape index (κ1) is 10.7. The van der Waals surface area contributed by atoms with Crippen LogP contribution in [0.1, 0.15) is 5.56 Å². The van der Waals surface area contributed by atoms with Crippen LogP contribution < -0.4 is 5.32 Å². The highest BCUT2D eigenvalue weighted by molar-refractivity contribution is 9.10. The van der Waals surface area contributed by atoms with Gasteiger partial charge < -0.3 is 10.5 Å². The van der Waals surface area contributed by atoms with Crippen LogP contribution in [0.15, 0.2) is 27.8 Å². The third kappa shape index (κ3) is 2.85. The second kappa shape index (κ2) is 4.76. The van der Waals surface area contributed by atoms with Gasteiger partial charge in [-0.2, -0.15) is 0 Å². The van der Waals surface area contributed by atoms with E-state index in [2.05, 4.69) is 26.4 Å². The summed E-state index contributed by atoms with van der Waals surface area (Å²) < 4.78 is 0.948. The van der Waals surface area contributed by atoms with Gasteiger partial charge in [-0.05, 0) is 30.7 Å². The minimum Gasteiger partial charge on any atom is -0.411 e. The Labute approximate surface area is 89.7 Å². The van der Waals surface area contributed by atoms with Crippen molar-refractivity contribution >= 4 is 33.7 Å². The van der Waals surface area contributed by atoms with Crippen LogP contribution in [0.3, 0.4) is 0 Å². The fourth-order valence-corrected chi connectivity index (χ4v) is 1.46. The summed E-state index contributed by atoms with van der Waals surface area (Å²) in [7, 11) is 0. The highest BCUT2D eigenvalue weighted by atomic mass is 79.9. The van der Waals surface area contributed by atoms with Crippen molar-refractivity contribution in [2.75, 3.05) is 5.32 Å². The molecule has 1 aromatic rings. The van der Waals surface area contributed by atoms with Gasteiger partial charge in [0, 0.05) is 10.2 Å². The van der Waals surface area contributed by atoms with Crippen molar-refractivity contribution < 1.29 is 10.0 Å². The lowest BCUT2D eigenvalue weighted by Crippen LogP contribution is -2.13. The number of oxime groups is 1. The molecular weight excluding hydrogens is 248 g/mol. The summed E-state index contributed by atoms with van der Waals surface area (Å²) in [5, 5.41) is 13.3. The number of benzene rings is 1. The summed E-state index contributed by atoms with van der Waals surface area (Å²) in [6.07, 6.45) is 0.807. The van der Waals surface area contributed by atoms with E-state index in [9.17, 15) is 4.79 Å². The predicted molar refractivity (Wildman–Crippen MR) is 57.8 cm³/mol. The second-order valence-electron chi connectivity index (χ2n) is 2.69. The molecule has 0 saturated heterocycles. The monoisotopic (exact) mass is 256 g/mol. The minimum absolute atomic E-state index is 0.460. The Morgan fingerprint density at radius 1 is 1.64 bits per heavy atom. The van der Waals surface area contributed by atoms with Crippen molar-refractivity contribution in [3.8, 4) is 0 Å². The van der Waals surface area contributed by atoms with E-state index in [4.69, 9.17) is 5.21 Å². The van der Waals surface area contributed by atoms with Gasteiger partial charge in [-0.15, -0.1) is 0 Å². The van der Waals surface area contributed by atoms with Crippen LogP contribution in [0, 0.1) is 6.92 Å². The normalized spacial score (nSPS) is 10.4. The van der Waals surface area contributed by atoms with Crippen LogP contribution in [0.5, 0.6) is 0 Å². The molecule has 1 rings (SSSR count). The molecule has 0 atom stereocenters. The highest BCUT2D eigenvalue weighted by Crippen LogP contribution is 2.19. The molecule has 0 aliphatic rings. The van der Waals surface area contributed by atoms with E-state index in [1.54, 1.807) is 6.07 Å². The topological polar surface area (TPSA) is 61.7 Å². The number of amides is 1. The van der Waals surface area contributed by atoms with Crippen LogP contribution in [0.2, 0.25) is 0 Å². The second-order valence-corrected chi connectivity index (χ2v) is 3.61. The van der Waals surface area contributed by atoms with Gasteiger partial charge in [0.15, 0.2) is 0 Å². The number of rotatable bonds is 2. The minimum atomic E-state index is -0.460. The zero-order valence-corrected chi connectivity index (χ0v) is 9.08. The van der Waals surface area contributed by atoms with E-state index < -0.39 is 5.91 Å². The van der Waals surface area contributed by atoms with E-state index in [0.717, 1.165) is 16.3 Å². The maximum atomic E-state index is 11.0. The number of aryl methyl sites for hydroxylation is 1. The molecule has 0 aromatic heterocycles. The molecule has 0 spiro atoms. The summed E-state index contributed by atoms with van der Waals surface area (Å²) in [5.74, 6) is -0.460. The molecule has 0 aliphatic carbocycles. The molecular formula is C9H9BrN2O2. The van der Waals surface area contributed by atoms with Gasteiger partial charge in [-0.3, -0.25) is 4.79 Å². The van der Waals surface area contributed by atoms with E-state index in [1.165, 1.54) is 0 Å². The summed E-state index contributed by atoms with van der Waals surface area (Å²) >= 11 is 3.31. The summed E-state index contributed by atoms with van der Waals surface area (Å²) in [4.78, 5) is 11.0. The molecule has 74 valence electrons. The van der Waals surface area contributed by atoms with Crippen LogP contribution in [-0.4, -0.2) is 17.3 Å². The van der Waals surface area contributed by atoms with Crippen molar-refractivity contribution in [1.29, 1.82) is 0 Å². The number of nitrogens with zero attached hydrogens (tertiary/aromatic N) is 1. The van der Waals surface area contributed by atoms with Gasteiger partial charge in [-0.25, -0.2) is 0 Å². The van der Waals surface area contributed by atoms with Crippen molar-refractivity contribution in [1.82, 2.24) is 0 Å². The average Bonchev–Trinajstić information content (AvgIpc) is 2.10. The van der Waals surface area contributed by atoms with E-state index in [1.807, 2.05) is 19.1 Å². The van der Waals surface area contributed by atoms with Crippen molar-refractivity contribution in [3.63, 3.8) is 0 Å². The summed E-state index contributed by atoms with van der Waals surface area (Å²) in [5.41, 5.74) is 1.62. The fraction of sp³-hybridized carbons (Fsp3) is 0.111. The molecule has 0 radical (unpaired) electrons. The van der Waals surface area contributed by atoms with Crippen LogP contribution in [-0.2, 0) is 4.79 Å². The molecule has 1 amide bonds. The van der Waals surface area contributed by atoms with E-state index in [0.29, 0.717) is 5.69 Å². The first-order valence-corrected chi connectivity index (χ1v) is 4.67. The van der Waals surface area contributed by atoms with Crippen LogP contribution >= 0.6 is 15.9 Å². The molecule has 0 aliphatic heterocycles. The Morgan fingerprint density at radius 3 is 2.93 bits per heavy atom. The maximum Gasteiger partial charge on any atom is 0.270 e. The molecule has 0 heterocycles. The Bertz CT molecular complexity index is 377. The number of anilines is 1. The van der Waals surface area contributed by atoms with Crippen LogP contribution in [0.4, 0.5) is 5.69 Å². The number of hydrogen-bond donors (Lipinski definition) is 2. The quantitative estimate of drug-likeness (QED) is 0.484. The lowest BCUT2D eigenvalue weighted by atomic mass is 10.2. The molecule has 1 aromatic carbocycles. The van der Waals surface area contributed by atoms with Crippen molar-refractivity contribution in [3.05, 3.63) is 28.2 Å². The molecule has 14 heavy (non-hydrogen) atoms. The first-order valence-electron chi connectivity index (χ1n) is 3.88. The number of hydrogen-bond acceptors (Lipinski definition) is 3. The van der Waals surface area contributed by atoms with Gasteiger partial charge in [-0.1, -0.05) is 21.1 Å². The van der Waals surface area contributed by atoms with Gasteiger partial charge in [0.05, 0.1) is 0 Å². The summed E-state index contributed by atoms with van der Waals surface area (Å²) in [6, 6.07) is 5.47. The van der Waals surface area contributed by atoms with Gasteiger partial charge in [0.2, 0.25) is 0 Å². The number of halogens is 1. The molecule has 0 fully saturated rings. The lowest BCUT2D eigenvalue weighted by Gasteiger charge is -2.05. The maximum absolute atomic E-state index is 11.0. The Balaban J connectivity index is 2.82. The number of carbonyl (C=O) groups is 1. The zero-order chi connectivity index (χ0) is 10.6. The number of carbonyl (C=O) groups excluding carboxylic acids is 1. The molecule has 4 nitrogen and oxygen atoms in total. The van der Waals surface area contributed by atoms with Gasteiger partial charge in [0.1, 0.15) is 6.21 Å². The number of nitrogens with one attached hydrogen (secondary N) is 1. The van der Waals surface area contributed by atoms with Crippen molar-refractivity contribution in [2.24, 2.45) is 5.16 Å². The smallest absolute Gasteiger partial charge is 0.270 e. The summed E-state index contributed by atoms with van der Waals surface area (Å²) in [6.45, 7) is 1.87. The third-order valence-electron chi connectivity index (χ3n) is 1.62. The fourth-order valence-electron chi connectivity index (χ4n) is 0.985. The largest absolute Gasteiger partial charge is 0.411 e. The van der Waals surface area contributed by atoms with E-state index in [-0.39, 0.29) is 0 Å². The molecule has 0 unspecified atom stereocenters. The standard InChI is InChI=1S/C9H9BrN2O2/c1-6-4-7(10)2-3-8(6)12-9(13)5-11-14/h2-5,14H,1H3,(H,12,13)/b11-5+. The zero-order valence-electron chi connectivity index (χ0n) is 7.49.